The van der Waals surface area contributed by atoms with Crippen molar-refractivity contribution in [2.24, 2.45) is 0 Å². The molecule has 0 radical (unpaired) electrons. The largest absolute Gasteiger partial charge is 0.337 e. The minimum atomic E-state index is -3.28. The van der Waals surface area contributed by atoms with E-state index < -0.39 is 21.5 Å². The van der Waals surface area contributed by atoms with Crippen LogP contribution in [0.4, 0.5) is 0 Å². The van der Waals surface area contributed by atoms with Gasteiger partial charge in [0.15, 0.2) is 9.84 Å². The summed E-state index contributed by atoms with van der Waals surface area (Å²) in [6, 6.07) is 0. The average molecular weight is 232 g/mol. The number of H-pyrrole nitrogens is 1. The van der Waals surface area contributed by atoms with Gasteiger partial charge in [0.1, 0.15) is 17.9 Å². The first-order valence-electron chi connectivity index (χ1n) is 4.14. The van der Waals surface area contributed by atoms with E-state index in [1.54, 1.807) is 0 Å². The molecule has 8 heteroatoms. The normalized spacial score (nSPS) is 11.3. The van der Waals surface area contributed by atoms with Gasteiger partial charge in [0.05, 0.1) is 6.54 Å². The van der Waals surface area contributed by atoms with Crippen molar-refractivity contribution in [2.75, 3.05) is 19.1 Å². The molecule has 0 aliphatic heterocycles. The van der Waals surface area contributed by atoms with Gasteiger partial charge in [-0.1, -0.05) is 0 Å². The van der Waals surface area contributed by atoms with Crippen LogP contribution in [0.1, 0.15) is 5.82 Å². The highest BCUT2D eigenvalue weighted by molar-refractivity contribution is 7.91. The molecule has 0 saturated heterocycles. The van der Waals surface area contributed by atoms with Crippen molar-refractivity contribution in [2.45, 2.75) is 6.54 Å². The Labute approximate surface area is 87.4 Å². The molecule has 1 rings (SSSR count). The predicted octanol–water partition coefficient (Wildman–Crippen LogP) is -1.19. The molecule has 0 atom stereocenters. The summed E-state index contributed by atoms with van der Waals surface area (Å²) in [5.74, 6) is -0.439. The average Bonchev–Trinajstić information content (AvgIpc) is 2.53. The van der Waals surface area contributed by atoms with E-state index in [1.807, 2.05) is 0 Å². The van der Waals surface area contributed by atoms with Gasteiger partial charge in [-0.3, -0.25) is 9.89 Å². The highest BCUT2D eigenvalue weighted by Gasteiger charge is 2.16. The van der Waals surface area contributed by atoms with Crippen molar-refractivity contribution in [3.63, 3.8) is 0 Å². The molecule has 1 N–H and O–H groups in total. The monoisotopic (exact) mass is 232 g/mol. The zero-order valence-electron chi connectivity index (χ0n) is 8.47. The third-order valence-electron chi connectivity index (χ3n) is 1.66. The maximum Gasteiger partial charge on any atom is 0.237 e. The first kappa shape index (κ1) is 11.6. The lowest BCUT2D eigenvalue weighted by molar-refractivity contribution is -0.127. The molecule has 0 aliphatic rings. The molecule has 1 aromatic heterocycles. The van der Waals surface area contributed by atoms with Crippen LogP contribution in [-0.4, -0.2) is 53.5 Å². The second kappa shape index (κ2) is 4.39. The number of nitrogens with one attached hydrogen (secondary N) is 1. The van der Waals surface area contributed by atoms with E-state index in [1.165, 1.54) is 18.3 Å². The molecule has 0 aliphatic carbocycles. The van der Waals surface area contributed by atoms with Crippen molar-refractivity contribution in [1.82, 2.24) is 20.1 Å². The Hall–Kier alpha value is -1.44. The predicted molar refractivity (Wildman–Crippen MR) is 52.6 cm³/mol. The summed E-state index contributed by atoms with van der Waals surface area (Å²) in [7, 11) is -1.77. The van der Waals surface area contributed by atoms with Crippen molar-refractivity contribution in [1.29, 1.82) is 0 Å². The Morgan fingerprint density at radius 3 is 2.73 bits per heavy atom. The van der Waals surface area contributed by atoms with Crippen LogP contribution in [0.25, 0.3) is 0 Å². The fourth-order valence-corrected chi connectivity index (χ4v) is 1.62. The molecule has 0 spiro atoms. The Bertz CT molecular complexity index is 425. The van der Waals surface area contributed by atoms with E-state index in [2.05, 4.69) is 15.2 Å². The summed E-state index contributed by atoms with van der Waals surface area (Å²) in [4.78, 5) is 16.5. The molecule has 1 aromatic rings. The van der Waals surface area contributed by atoms with Crippen LogP contribution in [0.15, 0.2) is 6.33 Å². The van der Waals surface area contributed by atoms with Gasteiger partial charge in [0.2, 0.25) is 5.91 Å². The minimum absolute atomic E-state index is 0.217. The maximum absolute atomic E-state index is 11.4. The summed E-state index contributed by atoms with van der Waals surface area (Å²) in [5.41, 5.74) is 0. The van der Waals surface area contributed by atoms with Gasteiger partial charge in [-0.15, -0.1) is 0 Å². The molecule has 84 valence electrons. The minimum Gasteiger partial charge on any atom is -0.337 e. The Morgan fingerprint density at radius 1 is 1.60 bits per heavy atom. The van der Waals surface area contributed by atoms with E-state index in [0.29, 0.717) is 5.82 Å². The van der Waals surface area contributed by atoms with E-state index in [0.717, 1.165) is 6.26 Å². The van der Waals surface area contributed by atoms with Crippen molar-refractivity contribution in [3.05, 3.63) is 12.2 Å². The second-order valence-electron chi connectivity index (χ2n) is 3.25. The number of carbonyl (C=O) groups excluding carboxylic acids is 1. The number of hydrogen-bond donors (Lipinski definition) is 1. The van der Waals surface area contributed by atoms with Crippen LogP contribution in [0, 0.1) is 0 Å². The second-order valence-corrected chi connectivity index (χ2v) is 5.39. The molecule has 1 amide bonds. The molecule has 0 fully saturated rings. The number of nitrogens with zero attached hydrogens (tertiary/aromatic N) is 3. The van der Waals surface area contributed by atoms with E-state index in [4.69, 9.17) is 0 Å². The lowest BCUT2D eigenvalue weighted by Crippen LogP contribution is -2.32. The third kappa shape index (κ3) is 4.07. The quantitative estimate of drug-likeness (QED) is 0.704. The first-order chi connectivity index (χ1) is 6.88. The summed E-state index contributed by atoms with van der Waals surface area (Å²) in [6.45, 7) is 0.217. The first-order valence-corrected chi connectivity index (χ1v) is 6.20. The van der Waals surface area contributed by atoms with Gasteiger partial charge in [0, 0.05) is 13.3 Å². The smallest absolute Gasteiger partial charge is 0.237 e. The van der Waals surface area contributed by atoms with Crippen LogP contribution < -0.4 is 0 Å². The highest BCUT2D eigenvalue weighted by atomic mass is 32.2. The Kier molecular flexibility index (Phi) is 3.40. The van der Waals surface area contributed by atoms with Gasteiger partial charge >= 0.3 is 0 Å². The van der Waals surface area contributed by atoms with Crippen LogP contribution in [-0.2, 0) is 21.2 Å². The summed E-state index contributed by atoms with van der Waals surface area (Å²) in [5, 5.41) is 6.20. The van der Waals surface area contributed by atoms with Gasteiger partial charge in [0.25, 0.3) is 0 Å². The molecule has 0 aromatic carbocycles. The zero-order chi connectivity index (χ0) is 11.5. The fraction of sp³-hybridized carbons (Fsp3) is 0.571. The standard InChI is InChI=1S/C7H12N4O3S/c1-11(3-6-8-5-9-10-6)7(12)4-15(2,13)14/h5H,3-4H2,1-2H3,(H,8,9,10). The number of carbonyl (C=O) groups is 1. The molecule has 7 nitrogen and oxygen atoms in total. The number of aromatic nitrogens is 3. The lowest BCUT2D eigenvalue weighted by Gasteiger charge is -2.14. The van der Waals surface area contributed by atoms with Crippen LogP contribution in [0.5, 0.6) is 0 Å². The SMILES string of the molecule is CN(Cc1ncn[nH]1)C(=O)CS(C)(=O)=O. The molecule has 1 heterocycles. The molecule has 0 unspecified atom stereocenters. The highest BCUT2D eigenvalue weighted by Crippen LogP contribution is 1.96. The Morgan fingerprint density at radius 2 is 2.27 bits per heavy atom. The topological polar surface area (TPSA) is 96.0 Å². The lowest BCUT2D eigenvalue weighted by atomic mass is 10.5. The summed E-state index contributed by atoms with van der Waals surface area (Å²) >= 11 is 0. The van der Waals surface area contributed by atoms with Gasteiger partial charge in [-0.25, -0.2) is 13.4 Å². The number of hydrogen-bond acceptors (Lipinski definition) is 5. The van der Waals surface area contributed by atoms with Crippen LogP contribution in [0.3, 0.4) is 0 Å². The fourth-order valence-electron chi connectivity index (χ4n) is 0.954. The number of sulfone groups is 1. The van der Waals surface area contributed by atoms with Crippen molar-refractivity contribution in [3.8, 4) is 0 Å². The van der Waals surface area contributed by atoms with Gasteiger partial charge in [-0.05, 0) is 0 Å². The molecular weight excluding hydrogens is 220 g/mol. The van der Waals surface area contributed by atoms with Crippen molar-refractivity contribution >= 4 is 15.7 Å². The Balaban J connectivity index is 2.54. The van der Waals surface area contributed by atoms with Crippen molar-refractivity contribution < 1.29 is 13.2 Å². The molecule has 0 bridgehead atoms. The molecular formula is C7H12N4O3S. The number of rotatable bonds is 4. The van der Waals surface area contributed by atoms with E-state index >= 15 is 0 Å². The van der Waals surface area contributed by atoms with Crippen LogP contribution in [0.2, 0.25) is 0 Å². The molecule has 15 heavy (non-hydrogen) atoms. The zero-order valence-corrected chi connectivity index (χ0v) is 9.28. The third-order valence-corrected chi connectivity index (χ3v) is 2.43. The summed E-state index contributed by atoms with van der Waals surface area (Å²) in [6.07, 6.45) is 2.34. The van der Waals surface area contributed by atoms with Crippen LogP contribution >= 0.6 is 0 Å². The number of aromatic amines is 1. The van der Waals surface area contributed by atoms with E-state index in [-0.39, 0.29) is 6.54 Å². The molecule has 0 saturated carbocycles. The summed E-state index contributed by atoms with van der Waals surface area (Å²) < 4.78 is 21.7. The number of amides is 1. The maximum atomic E-state index is 11.4. The van der Waals surface area contributed by atoms with E-state index in [9.17, 15) is 13.2 Å². The van der Waals surface area contributed by atoms with Gasteiger partial charge < -0.3 is 4.90 Å². The van der Waals surface area contributed by atoms with Gasteiger partial charge in [-0.2, -0.15) is 5.10 Å².